The lowest BCUT2D eigenvalue weighted by atomic mass is 9.86. The maximum Gasteiger partial charge on any atom is 0.144 e. The quantitative estimate of drug-likeness (QED) is 0.343. The zero-order valence-electron chi connectivity index (χ0n) is 12.3. The number of piperidine rings is 1. The zero-order valence-corrected chi connectivity index (χ0v) is 12.3. The van der Waals surface area contributed by atoms with Crippen LogP contribution in [0.2, 0.25) is 0 Å². The van der Waals surface area contributed by atoms with Crippen LogP contribution < -0.4 is 5.73 Å². The number of amidine groups is 1. The Morgan fingerprint density at radius 2 is 2.06 bits per heavy atom. The van der Waals surface area contributed by atoms with E-state index < -0.39 is 0 Å². The first-order valence-electron chi connectivity index (χ1n) is 7.09. The van der Waals surface area contributed by atoms with Crippen molar-refractivity contribution < 1.29 is 5.21 Å². The summed E-state index contributed by atoms with van der Waals surface area (Å²) in [6, 6.07) is 0.702. The van der Waals surface area contributed by atoms with E-state index in [0.717, 1.165) is 25.3 Å². The summed E-state index contributed by atoms with van der Waals surface area (Å²) < 4.78 is 0. The number of likely N-dealkylation sites (tertiary alicyclic amines) is 1. The van der Waals surface area contributed by atoms with E-state index in [1.165, 1.54) is 19.4 Å². The van der Waals surface area contributed by atoms with Crippen molar-refractivity contribution in [2.75, 3.05) is 13.1 Å². The van der Waals surface area contributed by atoms with Crippen molar-refractivity contribution >= 4 is 5.84 Å². The van der Waals surface area contributed by atoms with Gasteiger partial charge in [0.2, 0.25) is 0 Å². The Bertz CT molecular complexity index is 289. The molecule has 1 saturated heterocycles. The molecule has 0 aromatic heterocycles. The Kier molecular flexibility index (Phi) is 5.45. The topological polar surface area (TPSA) is 61.8 Å². The number of nitrogens with two attached hydrogens (primary N) is 1. The number of hydrogen-bond acceptors (Lipinski definition) is 3. The second-order valence-electron chi connectivity index (χ2n) is 6.50. The monoisotopic (exact) mass is 255 g/mol. The molecule has 1 aliphatic rings. The lowest BCUT2D eigenvalue weighted by molar-refractivity contribution is 0.120. The van der Waals surface area contributed by atoms with Gasteiger partial charge in [0.15, 0.2) is 0 Å². The van der Waals surface area contributed by atoms with Crippen molar-refractivity contribution in [2.24, 2.45) is 22.2 Å². The molecule has 1 fully saturated rings. The average Bonchev–Trinajstić information content (AvgIpc) is 2.32. The molecule has 0 aliphatic carbocycles. The molecule has 0 bridgehead atoms. The molecule has 0 saturated carbocycles. The van der Waals surface area contributed by atoms with Crippen LogP contribution in [-0.4, -0.2) is 35.1 Å². The molecule has 4 nitrogen and oxygen atoms in total. The van der Waals surface area contributed by atoms with Crippen molar-refractivity contribution in [3.63, 3.8) is 0 Å². The summed E-state index contributed by atoms with van der Waals surface area (Å²) in [5.41, 5.74) is 5.50. The highest BCUT2D eigenvalue weighted by Crippen LogP contribution is 2.25. The predicted molar refractivity (Wildman–Crippen MR) is 75.9 cm³/mol. The molecule has 0 amide bonds. The van der Waals surface area contributed by atoms with E-state index in [1.807, 2.05) is 13.8 Å². The predicted octanol–water partition coefficient (Wildman–Crippen LogP) is 2.66. The Balaban J connectivity index is 2.37. The molecular weight excluding hydrogens is 226 g/mol. The van der Waals surface area contributed by atoms with Gasteiger partial charge in [-0.25, -0.2) is 0 Å². The highest BCUT2D eigenvalue weighted by Gasteiger charge is 2.26. The first-order chi connectivity index (χ1) is 8.36. The molecule has 0 aromatic carbocycles. The third-order valence-corrected chi connectivity index (χ3v) is 4.30. The van der Waals surface area contributed by atoms with E-state index in [-0.39, 0.29) is 5.41 Å². The van der Waals surface area contributed by atoms with Crippen LogP contribution in [-0.2, 0) is 0 Å². The summed E-state index contributed by atoms with van der Waals surface area (Å²) in [6.45, 7) is 11.0. The molecular formula is C14H29N3O. The Morgan fingerprint density at radius 3 is 2.67 bits per heavy atom. The van der Waals surface area contributed by atoms with Crippen molar-refractivity contribution in [3.05, 3.63) is 0 Å². The minimum Gasteiger partial charge on any atom is -0.409 e. The number of hydrogen-bond donors (Lipinski definition) is 2. The Morgan fingerprint density at radius 1 is 1.39 bits per heavy atom. The summed E-state index contributed by atoms with van der Waals surface area (Å²) in [4.78, 5) is 2.58. The van der Waals surface area contributed by atoms with Gasteiger partial charge in [0.05, 0.1) is 0 Å². The number of rotatable bonds is 5. The molecule has 1 heterocycles. The number of oxime groups is 1. The maximum atomic E-state index is 8.75. The molecule has 2 atom stereocenters. The summed E-state index contributed by atoms with van der Waals surface area (Å²) in [7, 11) is 0. The van der Waals surface area contributed by atoms with Crippen molar-refractivity contribution in [1.29, 1.82) is 0 Å². The first kappa shape index (κ1) is 15.3. The fourth-order valence-electron chi connectivity index (χ4n) is 2.68. The van der Waals surface area contributed by atoms with E-state index in [4.69, 9.17) is 10.9 Å². The molecule has 0 spiro atoms. The zero-order chi connectivity index (χ0) is 13.8. The van der Waals surface area contributed by atoms with Crippen LogP contribution in [0, 0.1) is 11.3 Å². The summed E-state index contributed by atoms with van der Waals surface area (Å²) in [6.07, 6.45) is 4.72. The van der Waals surface area contributed by atoms with E-state index in [1.54, 1.807) is 0 Å². The smallest absolute Gasteiger partial charge is 0.144 e. The lowest BCUT2D eigenvalue weighted by Gasteiger charge is -2.37. The minimum absolute atomic E-state index is 0.209. The largest absolute Gasteiger partial charge is 0.409 e. The maximum absolute atomic E-state index is 8.75. The molecule has 1 aliphatic heterocycles. The second kappa shape index (κ2) is 6.41. The lowest BCUT2D eigenvalue weighted by Crippen LogP contribution is -2.42. The molecule has 4 heteroatoms. The van der Waals surface area contributed by atoms with Crippen LogP contribution >= 0.6 is 0 Å². The third-order valence-electron chi connectivity index (χ3n) is 4.30. The van der Waals surface area contributed by atoms with Gasteiger partial charge in [-0.1, -0.05) is 25.9 Å². The van der Waals surface area contributed by atoms with E-state index in [2.05, 4.69) is 23.9 Å². The van der Waals surface area contributed by atoms with Gasteiger partial charge in [-0.2, -0.15) is 0 Å². The van der Waals surface area contributed by atoms with Gasteiger partial charge in [0.25, 0.3) is 0 Å². The average molecular weight is 255 g/mol. The SMILES string of the molecule is CC1CCC(C)N(CCCC(C)(C)C(N)=NO)C1. The fraction of sp³-hybridized carbons (Fsp3) is 0.929. The van der Waals surface area contributed by atoms with Gasteiger partial charge in [-0.3, -0.25) is 0 Å². The van der Waals surface area contributed by atoms with E-state index >= 15 is 0 Å². The third kappa shape index (κ3) is 4.16. The summed E-state index contributed by atoms with van der Waals surface area (Å²) in [5.74, 6) is 1.15. The Labute approximate surface area is 111 Å². The van der Waals surface area contributed by atoms with Crippen LogP contribution in [0.4, 0.5) is 0 Å². The second-order valence-corrected chi connectivity index (χ2v) is 6.50. The van der Waals surface area contributed by atoms with Crippen molar-refractivity contribution in [3.8, 4) is 0 Å². The van der Waals surface area contributed by atoms with E-state index in [9.17, 15) is 0 Å². The minimum atomic E-state index is -0.209. The number of nitrogens with zero attached hydrogens (tertiary/aromatic N) is 2. The fourth-order valence-corrected chi connectivity index (χ4v) is 2.68. The molecule has 106 valence electrons. The summed E-state index contributed by atoms with van der Waals surface area (Å²) in [5, 5.41) is 11.9. The van der Waals surface area contributed by atoms with Crippen LogP contribution in [0.5, 0.6) is 0 Å². The van der Waals surface area contributed by atoms with Gasteiger partial charge < -0.3 is 15.8 Å². The van der Waals surface area contributed by atoms with Crippen molar-refractivity contribution in [2.45, 2.75) is 59.4 Å². The molecule has 18 heavy (non-hydrogen) atoms. The van der Waals surface area contributed by atoms with Gasteiger partial charge in [0, 0.05) is 18.0 Å². The van der Waals surface area contributed by atoms with E-state index in [0.29, 0.717) is 11.9 Å². The first-order valence-corrected chi connectivity index (χ1v) is 7.09. The molecule has 3 N–H and O–H groups in total. The molecule has 1 rings (SSSR count). The van der Waals surface area contributed by atoms with Gasteiger partial charge in [0.1, 0.15) is 5.84 Å². The van der Waals surface area contributed by atoms with Crippen LogP contribution in [0.15, 0.2) is 5.16 Å². The Hall–Kier alpha value is -0.770. The summed E-state index contributed by atoms with van der Waals surface area (Å²) >= 11 is 0. The molecule has 0 radical (unpaired) electrons. The van der Waals surface area contributed by atoms with Gasteiger partial charge in [-0.15, -0.1) is 0 Å². The van der Waals surface area contributed by atoms with Crippen molar-refractivity contribution in [1.82, 2.24) is 4.90 Å². The highest BCUT2D eigenvalue weighted by atomic mass is 16.4. The normalized spacial score (nSPS) is 27.4. The van der Waals surface area contributed by atoms with Crippen LogP contribution in [0.1, 0.15) is 53.4 Å². The highest BCUT2D eigenvalue weighted by molar-refractivity contribution is 5.85. The van der Waals surface area contributed by atoms with Gasteiger partial charge in [-0.05, 0) is 45.1 Å². The van der Waals surface area contributed by atoms with Gasteiger partial charge >= 0.3 is 0 Å². The van der Waals surface area contributed by atoms with Crippen LogP contribution in [0.3, 0.4) is 0 Å². The standard InChI is InChI=1S/C14H29N3O/c1-11-6-7-12(2)17(10-11)9-5-8-14(3,4)13(15)16-18/h11-12,18H,5-10H2,1-4H3,(H2,15,16). The molecule has 0 aromatic rings. The molecule has 2 unspecified atom stereocenters. The van der Waals surface area contributed by atoms with Crippen LogP contribution in [0.25, 0.3) is 0 Å².